The van der Waals surface area contributed by atoms with E-state index in [-0.39, 0.29) is 0 Å². The van der Waals surface area contributed by atoms with Crippen molar-refractivity contribution in [1.82, 2.24) is 30.3 Å². The Hall–Kier alpha value is -1.63. The predicted octanol–water partition coefficient (Wildman–Crippen LogP) is 1.91. The summed E-state index contributed by atoms with van der Waals surface area (Å²) in [6.07, 6.45) is 8.11. The lowest BCUT2D eigenvalue weighted by Crippen LogP contribution is -2.50. The van der Waals surface area contributed by atoms with E-state index >= 15 is 0 Å². The van der Waals surface area contributed by atoms with E-state index in [9.17, 15) is 0 Å². The zero-order valence-electron chi connectivity index (χ0n) is 17.0. The maximum absolute atomic E-state index is 4.38. The van der Waals surface area contributed by atoms with Crippen molar-refractivity contribution in [2.75, 3.05) is 33.2 Å². The van der Waals surface area contributed by atoms with Gasteiger partial charge in [-0.05, 0) is 31.8 Å². The van der Waals surface area contributed by atoms with E-state index in [1.807, 2.05) is 7.05 Å². The van der Waals surface area contributed by atoms with Gasteiger partial charge in [-0.2, -0.15) is 0 Å². The number of hydrogen-bond acceptors (Lipinski definition) is 4. The fourth-order valence-electron chi connectivity index (χ4n) is 3.67. The third-order valence-electron chi connectivity index (χ3n) is 5.24. The standard InChI is InChI=1S/C19H37N7/c1-5-18-24-23-15-26(18)13-10-21-19(20-4)22-14-17(16(2)3)25-11-8-6-7-9-12-25/h15-17H,5-14H2,1-4H3,(H2,20,21,22). The molecular weight excluding hydrogens is 326 g/mol. The number of guanidine groups is 1. The first-order valence-corrected chi connectivity index (χ1v) is 10.2. The Morgan fingerprint density at radius 3 is 2.54 bits per heavy atom. The first kappa shape index (κ1) is 20.7. The summed E-state index contributed by atoms with van der Waals surface area (Å²) in [6, 6.07) is 0.552. The van der Waals surface area contributed by atoms with E-state index in [1.165, 1.54) is 38.8 Å². The second-order valence-electron chi connectivity index (χ2n) is 7.44. The SMILES string of the molecule is CCc1nncn1CCNC(=NC)NCC(C(C)C)N1CCCCCC1. The minimum atomic E-state index is 0.552. The molecule has 1 unspecified atom stereocenters. The molecule has 1 atom stereocenters. The second-order valence-corrected chi connectivity index (χ2v) is 7.44. The molecule has 0 aromatic carbocycles. The number of likely N-dealkylation sites (tertiary alicyclic amines) is 1. The molecule has 1 aromatic rings. The van der Waals surface area contributed by atoms with Crippen LogP contribution in [-0.2, 0) is 13.0 Å². The normalized spacial score (nSPS) is 18.0. The van der Waals surface area contributed by atoms with E-state index in [2.05, 4.69) is 56.1 Å². The van der Waals surface area contributed by atoms with Crippen LogP contribution in [0.3, 0.4) is 0 Å². The minimum Gasteiger partial charge on any atom is -0.355 e. The summed E-state index contributed by atoms with van der Waals surface area (Å²) < 4.78 is 2.09. The van der Waals surface area contributed by atoms with Gasteiger partial charge in [0.1, 0.15) is 12.2 Å². The van der Waals surface area contributed by atoms with E-state index in [4.69, 9.17) is 0 Å². The highest BCUT2D eigenvalue weighted by Gasteiger charge is 2.22. The van der Waals surface area contributed by atoms with Gasteiger partial charge in [0.15, 0.2) is 5.96 Å². The van der Waals surface area contributed by atoms with Crippen LogP contribution in [0, 0.1) is 5.92 Å². The fraction of sp³-hybridized carbons (Fsp3) is 0.842. The molecule has 7 nitrogen and oxygen atoms in total. The molecule has 26 heavy (non-hydrogen) atoms. The molecule has 0 radical (unpaired) electrons. The highest BCUT2D eigenvalue weighted by atomic mass is 15.3. The third kappa shape index (κ3) is 6.27. The number of aliphatic imine (C=N–C) groups is 1. The van der Waals surface area contributed by atoms with Gasteiger partial charge in [0, 0.05) is 39.1 Å². The molecule has 0 spiro atoms. The van der Waals surface area contributed by atoms with Crippen LogP contribution in [0.4, 0.5) is 0 Å². The molecule has 0 amide bonds. The zero-order valence-corrected chi connectivity index (χ0v) is 17.0. The molecule has 1 aliphatic rings. The predicted molar refractivity (Wildman–Crippen MR) is 107 cm³/mol. The summed E-state index contributed by atoms with van der Waals surface area (Å²) in [7, 11) is 1.84. The summed E-state index contributed by atoms with van der Waals surface area (Å²) in [5.74, 6) is 2.52. The summed E-state index contributed by atoms with van der Waals surface area (Å²) in [6.45, 7) is 11.8. The molecule has 2 N–H and O–H groups in total. The van der Waals surface area contributed by atoms with E-state index in [1.54, 1.807) is 6.33 Å². The monoisotopic (exact) mass is 363 g/mol. The van der Waals surface area contributed by atoms with Gasteiger partial charge in [-0.25, -0.2) is 0 Å². The van der Waals surface area contributed by atoms with Crippen molar-refractivity contribution in [3.8, 4) is 0 Å². The third-order valence-corrected chi connectivity index (χ3v) is 5.24. The lowest BCUT2D eigenvalue weighted by molar-refractivity contribution is 0.161. The molecule has 1 saturated heterocycles. The molecule has 0 aliphatic carbocycles. The Labute approximate surface area is 158 Å². The largest absolute Gasteiger partial charge is 0.355 e. The van der Waals surface area contributed by atoms with Gasteiger partial charge in [-0.15, -0.1) is 10.2 Å². The van der Waals surface area contributed by atoms with Crippen molar-refractivity contribution in [3.05, 3.63) is 12.2 Å². The van der Waals surface area contributed by atoms with Crippen LogP contribution in [-0.4, -0.2) is 64.9 Å². The molecule has 0 bridgehead atoms. The molecule has 7 heteroatoms. The van der Waals surface area contributed by atoms with Crippen LogP contribution < -0.4 is 10.6 Å². The molecular formula is C19H37N7. The average molecular weight is 364 g/mol. The van der Waals surface area contributed by atoms with Gasteiger partial charge in [0.25, 0.3) is 0 Å². The van der Waals surface area contributed by atoms with Gasteiger partial charge >= 0.3 is 0 Å². The maximum Gasteiger partial charge on any atom is 0.191 e. The molecule has 1 aliphatic heterocycles. The van der Waals surface area contributed by atoms with Gasteiger partial charge < -0.3 is 15.2 Å². The van der Waals surface area contributed by atoms with E-state index in [0.29, 0.717) is 12.0 Å². The van der Waals surface area contributed by atoms with Crippen LogP contribution in [0.5, 0.6) is 0 Å². The van der Waals surface area contributed by atoms with Crippen molar-refractivity contribution < 1.29 is 0 Å². The van der Waals surface area contributed by atoms with Gasteiger partial charge in [0.05, 0.1) is 0 Å². The number of aromatic nitrogens is 3. The number of rotatable bonds is 8. The smallest absolute Gasteiger partial charge is 0.191 e. The highest BCUT2D eigenvalue weighted by Crippen LogP contribution is 2.17. The van der Waals surface area contributed by atoms with Crippen LogP contribution in [0.15, 0.2) is 11.3 Å². The van der Waals surface area contributed by atoms with Gasteiger partial charge in [-0.3, -0.25) is 9.89 Å². The van der Waals surface area contributed by atoms with E-state index < -0.39 is 0 Å². The Morgan fingerprint density at radius 1 is 1.19 bits per heavy atom. The summed E-state index contributed by atoms with van der Waals surface area (Å²) >= 11 is 0. The highest BCUT2D eigenvalue weighted by molar-refractivity contribution is 5.79. The van der Waals surface area contributed by atoms with Crippen molar-refractivity contribution in [1.29, 1.82) is 0 Å². The number of nitrogens with zero attached hydrogens (tertiary/aromatic N) is 5. The molecule has 1 fully saturated rings. The second kappa shape index (κ2) is 11.2. The van der Waals surface area contributed by atoms with Crippen molar-refractivity contribution >= 4 is 5.96 Å². The zero-order chi connectivity index (χ0) is 18.8. The van der Waals surface area contributed by atoms with Crippen molar-refractivity contribution in [3.63, 3.8) is 0 Å². The van der Waals surface area contributed by atoms with Gasteiger partial charge in [-0.1, -0.05) is 33.6 Å². The van der Waals surface area contributed by atoms with Crippen LogP contribution in [0.25, 0.3) is 0 Å². The number of hydrogen-bond donors (Lipinski definition) is 2. The minimum absolute atomic E-state index is 0.552. The lowest BCUT2D eigenvalue weighted by Gasteiger charge is -2.34. The Balaban J connectivity index is 1.80. The summed E-state index contributed by atoms with van der Waals surface area (Å²) in [5.41, 5.74) is 0. The van der Waals surface area contributed by atoms with Gasteiger partial charge in [0.2, 0.25) is 0 Å². The first-order valence-electron chi connectivity index (χ1n) is 10.2. The Morgan fingerprint density at radius 2 is 1.92 bits per heavy atom. The van der Waals surface area contributed by atoms with Crippen molar-refractivity contribution in [2.45, 2.75) is 65.5 Å². The molecule has 2 heterocycles. The van der Waals surface area contributed by atoms with Crippen LogP contribution in [0.2, 0.25) is 0 Å². The maximum atomic E-state index is 4.38. The van der Waals surface area contributed by atoms with Crippen LogP contribution >= 0.6 is 0 Å². The lowest BCUT2D eigenvalue weighted by atomic mass is 10.0. The van der Waals surface area contributed by atoms with Crippen LogP contribution in [0.1, 0.15) is 52.3 Å². The molecule has 2 rings (SSSR count). The first-order chi connectivity index (χ1) is 12.7. The number of aryl methyl sites for hydroxylation is 1. The van der Waals surface area contributed by atoms with E-state index in [0.717, 1.165) is 37.8 Å². The summed E-state index contributed by atoms with van der Waals surface area (Å²) in [5, 5.41) is 15.1. The average Bonchev–Trinajstić information content (AvgIpc) is 2.92. The number of nitrogens with one attached hydrogen (secondary N) is 2. The quantitative estimate of drug-likeness (QED) is 0.545. The Kier molecular flexibility index (Phi) is 8.88. The summed E-state index contributed by atoms with van der Waals surface area (Å²) in [4.78, 5) is 7.05. The molecule has 0 saturated carbocycles. The Bertz CT molecular complexity index is 530. The fourth-order valence-corrected chi connectivity index (χ4v) is 3.67. The molecule has 148 valence electrons. The topological polar surface area (TPSA) is 70.4 Å². The molecule has 1 aromatic heterocycles. The van der Waals surface area contributed by atoms with Crippen molar-refractivity contribution in [2.24, 2.45) is 10.9 Å².